The molecule has 0 unspecified atom stereocenters. The summed E-state index contributed by atoms with van der Waals surface area (Å²) in [6, 6.07) is 28.1. The van der Waals surface area contributed by atoms with Crippen LogP contribution in [0.15, 0.2) is 91.0 Å². The van der Waals surface area contributed by atoms with Crippen molar-refractivity contribution in [2.45, 2.75) is 13.3 Å². The van der Waals surface area contributed by atoms with Crippen molar-refractivity contribution in [3.8, 4) is 0 Å². The Labute approximate surface area is 160 Å². The van der Waals surface area contributed by atoms with Crippen LogP contribution >= 0.6 is 17.7 Å². The third-order valence-electron chi connectivity index (χ3n) is 4.10. The van der Waals surface area contributed by atoms with Crippen LogP contribution in [0.5, 0.6) is 0 Å². The number of hydrogen-bond acceptors (Lipinski definition) is 2. The smallest absolute Gasteiger partial charge is 0.195 e. The summed E-state index contributed by atoms with van der Waals surface area (Å²) >= 11 is 1.57. The summed E-state index contributed by atoms with van der Waals surface area (Å²) in [4.78, 5) is 0. The summed E-state index contributed by atoms with van der Waals surface area (Å²) in [7, 11) is 0. The first-order valence-corrected chi connectivity index (χ1v) is 12.1. The average molecular weight is 378 g/mol. The maximum Gasteiger partial charge on any atom is 0.195 e. The van der Waals surface area contributed by atoms with E-state index in [0.717, 1.165) is 22.8 Å². The molecule has 3 heteroatoms. The molecule has 0 aromatic heterocycles. The molecule has 0 radical (unpaired) electrons. The van der Waals surface area contributed by atoms with Crippen molar-refractivity contribution >= 4 is 34.4 Å². The minimum absolute atomic E-state index is 0.823. The van der Waals surface area contributed by atoms with E-state index in [9.17, 15) is 4.57 Å². The summed E-state index contributed by atoms with van der Waals surface area (Å²) in [5.41, 5.74) is 2.48. The number of allylic oxidation sites excluding steroid dienone is 1. The third kappa shape index (κ3) is 4.78. The van der Waals surface area contributed by atoms with Crippen molar-refractivity contribution in [1.29, 1.82) is 0 Å². The Morgan fingerprint density at radius 3 is 2.04 bits per heavy atom. The summed E-state index contributed by atoms with van der Waals surface area (Å²) in [6.45, 7) is 2.10. The fourth-order valence-electron chi connectivity index (χ4n) is 2.79. The van der Waals surface area contributed by atoms with E-state index < -0.39 is 6.34 Å². The van der Waals surface area contributed by atoms with Crippen LogP contribution in [-0.2, 0) is 4.57 Å². The van der Waals surface area contributed by atoms with Gasteiger partial charge in [0.15, 0.2) is 6.34 Å². The molecule has 0 aliphatic heterocycles. The van der Waals surface area contributed by atoms with Crippen LogP contribution in [-0.4, -0.2) is 5.75 Å². The zero-order chi connectivity index (χ0) is 18.2. The molecule has 26 heavy (non-hydrogen) atoms. The van der Waals surface area contributed by atoms with E-state index in [-0.39, 0.29) is 0 Å². The molecule has 0 bridgehead atoms. The summed E-state index contributed by atoms with van der Waals surface area (Å²) in [5.74, 6) is 0.823. The first-order chi connectivity index (χ1) is 12.7. The molecule has 3 aromatic carbocycles. The second kappa shape index (κ2) is 9.07. The number of benzene rings is 3. The highest BCUT2D eigenvalue weighted by atomic mass is 32.7. The largest absolute Gasteiger partial charge is 0.302 e. The van der Waals surface area contributed by atoms with Gasteiger partial charge in [0.25, 0.3) is 0 Å². The van der Waals surface area contributed by atoms with Crippen LogP contribution in [0.2, 0.25) is 0 Å². The van der Waals surface area contributed by atoms with Crippen LogP contribution in [0.25, 0.3) is 6.08 Å². The minimum atomic E-state index is -2.66. The lowest BCUT2D eigenvalue weighted by Gasteiger charge is -2.18. The van der Waals surface area contributed by atoms with Gasteiger partial charge >= 0.3 is 0 Å². The topological polar surface area (TPSA) is 17.1 Å². The van der Waals surface area contributed by atoms with Gasteiger partial charge in [0, 0.05) is 16.4 Å². The lowest BCUT2D eigenvalue weighted by atomic mass is 10.1. The van der Waals surface area contributed by atoms with Gasteiger partial charge in [0.2, 0.25) is 0 Å². The van der Waals surface area contributed by atoms with Crippen molar-refractivity contribution in [2.75, 3.05) is 5.75 Å². The summed E-state index contributed by atoms with van der Waals surface area (Å²) < 4.78 is 13.8. The molecule has 0 amide bonds. The quantitative estimate of drug-likeness (QED) is 0.367. The highest BCUT2D eigenvalue weighted by Crippen LogP contribution is 2.56. The normalized spacial score (nSPS) is 11.7. The van der Waals surface area contributed by atoms with Crippen molar-refractivity contribution in [3.63, 3.8) is 0 Å². The van der Waals surface area contributed by atoms with Gasteiger partial charge in [-0.25, -0.2) is 0 Å². The second-order valence-corrected chi connectivity index (χ2v) is 11.3. The van der Waals surface area contributed by atoms with Gasteiger partial charge in [-0.1, -0.05) is 114 Å². The van der Waals surface area contributed by atoms with Crippen LogP contribution in [0, 0.1) is 6.92 Å². The highest BCUT2D eigenvalue weighted by Gasteiger charge is 2.27. The molecule has 0 atom stereocenters. The monoisotopic (exact) mass is 378 g/mol. The van der Waals surface area contributed by atoms with Crippen molar-refractivity contribution in [3.05, 3.63) is 102 Å². The standard InChI is InChI=1S/C23H23OPS/c1-20-11-10-13-21(19-20)12-8-9-18-26-25(24,22-14-4-2-5-15-22)23-16-6-3-7-17-23/h2-8,10-17,19H,9,18H2,1H3/b12-8+. The molecule has 0 aliphatic carbocycles. The highest BCUT2D eigenvalue weighted by molar-refractivity contribution is 8.62. The van der Waals surface area contributed by atoms with E-state index in [1.165, 1.54) is 11.1 Å². The second-order valence-electron chi connectivity index (χ2n) is 6.16. The maximum atomic E-state index is 13.8. The molecule has 1 nitrogen and oxygen atoms in total. The van der Waals surface area contributed by atoms with Gasteiger partial charge in [-0.15, -0.1) is 0 Å². The van der Waals surface area contributed by atoms with Crippen LogP contribution in [0.4, 0.5) is 0 Å². The molecule has 3 rings (SSSR count). The Bertz CT molecular complexity index is 860. The molecular weight excluding hydrogens is 355 g/mol. The van der Waals surface area contributed by atoms with Crippen LogP contribution < -0.4 is 10.6 Å². The van der Waals surface area contributed by atoms with E-state index in [1.54, 1.807) is 11.4 Å². The van der Waals surface area contributed by atoms with Crippen molar-refractivity contribution < 1.29 is 4.57 Å². The SMILES string of the molecule is Cc1cccc(/C=C/CCSP(=O)(c2ccccc2)c2ccccc2)c1. The molecular formula is C23H23OPS. The maximum absolute atomic E-state index is 13.8. The van der Waals surface area contributed by atoms with Gasteiger partial charge in [0.1, 0.15) is 0 Å². The Morgan fingerprint density at radius 2 is 1.46 bits per heavy atom. The first-order valence-electron chi connectivity index (χ1n) is 8.77. The van der Waals surface area contributed by atoms with Gasteiger partial charge in [0.05, 0.1) is 0 Å². The van der Waals surface area contributed by atoms with E-state index >= 15 is 0 Å². The van der Waals surface area contributed by atoms with Crippen LogP contribution in [0.3, 0.4) is 0 Å². The number of aryl methyl sites for hydroxylation is 1. The lowest BCUT2D eigenvalue weighted by molar-refractivity contribution is 0.595. The molecule has 0 fully saturated rings. The molecule has 0 aliphatic rings. The predicted molar refractivity (Wildman–Crippen MR) is 117 cm³/mol. The summed E-state index contributed by atoms with van der Waals surface area (Å²) in [6.07, 6.45) is 2.54. The average Bonchev–Trinajstić information content (AvgIpc) is 2.69. The summed E-state index contributed by atoms with van der Waals surface area (Å²) in [5, 5.41) is 1.83. The van der Waals surface area contributed by atoms with Gasteiger partial charge in [-0.05, 0) is 18.9 Å². The fourth-order valence-corrected chi connectivity index (χ4v) is 7.73. The molecule has 0 saturated heterocycles. The van der Waals surface area contributed by atoms with E-state index in [4.69, 9.17) is 0 Å². The van der Waals surface area contributed by atoms with E-state index in [0.29, 0.717) is 0 Å². The molecule has 3 aromatic rings. The molecule has 0 saturated carbocycles. The van der Waals surface area contributed by atoms with Crippen LogP contribution in [0.1, 0.15) is 17.5 Å². The van der Waals surface area contributed by atoms with Crippen molar-refractivity contribution in [2.24, 2.45) is 0 Å². The van der Waals surface area contributed by atoms with Gasteiger partial charge < -0.3 is 4.57 Å². The first kappa shape index (κ1) is 18.8. The van der Waals surface area contributed by atoms with Crippen molar-refractivity contribution in [1.82, 2.24) is 0 Å². The zero-order valence-electron chi connectivity index (χ0n) is 14.9. The van der Waals surface area contributed by atoms with E-state index in [1.807, 2.05) is 60.7 Å². The predicted octanol–water partition coefficient (Wildman–Crippen LogP) is 6.06. The lowest BCUT2D eigenvalue weighted by Crippen LogP contribution is -2.13. The minimum Gasteiger partial charge on any atom is -0.302 e. The molecule has 0 spiro atoms. The Balaban J connectivity index is 1.70. The third-order valence-corrected chi connectivity index (χ3v) is 9.74. The Morgan fingerprint density at radius 1 is 0.846 bits per heavy atom. The van der Waals surface area contributed by atoms with Gasteiger partial charge in [-0.3, -0.25) is 0 Å². The fraction of sp³-hybridized carbons (Fsp3) is 0.130. The number of rotatable bonds is 7. The molecule has 0 N–H and O–H groups in total. The molecule has 0 heterocycles. The Hall–Kier alpha value is -2.02. The number of hydrogen-bond donors (Lipinski definition) is 0. The van der Waals surface area contributed by atoms with E-state index in [2.05, 4.69) is 43.3 Å². The molecule has 132 valence electrons. The Kier molecular flexibility index (Phi) is 6.55. The van der Waals surface area contributed by atoms with Gasteiger partial charge in [-0.2, -0.15) is 0 Å². The zero-order valence-corrected chi connectivity index (χ0v) is 16.6.